The molecule has 0 radical (unpaired) electrons. The Labute approximate surface area is 261 Å². The zero-order chi connectivity index (χ0) is 30.6. The number of benzene rings is 2. The van der Waals surface area contributed by atoms with Gasteiger partial charge in [0.05, 0.1) is 12.2 Å². The summed E-state index contributed by atoms with van der Waals surface area (Å²) in [6.45, 7) is 14.4. The summed E-state index contributed by atoms with van der Waals surface area (Å²) in [5.74, 6) is 0.0116. The van der Waals surface area contributed by atoms with E-state index in [1.54, 1.807) is 0 Å². The molecule has 8 heteroatoms. The van der Waals surface area contributed by atoms with E-state index in [0.29, 0.717) is 25.3 Å². The van der Waals surface area contributed by atoms with Crippen LogP contribution in [0.5, 0.6) is 0 Å². The fourth-order valence-corrected chi connectivity index (χ4v) is 7.14. The van der Waals surface area contributed by atoms with Crippen LogP contribution in [0.1, 0.15) is 53.0 Å². The quantitative estimate of drug-likeness (QED) is 0.401. The van der Waals surface area contributed by atoms with Gasteiger partial charge in [-0.25, -0.2) is 4.98 Å². The van der Waals surface area contributed by atoms with Crippen molar-refractivity contribution in [1.82, 2.24) is 19.7 Å². The molecular weight excluding hydrogens is 548 g/mol. The SMILES string of the molecule is C=CC(=O)N1CCN(c2cc(C(=O)N3CCCC3)nc3c2CCN(c2cccc4cccc(C)c24)C3)CC1.CN1CCCC1. The minimum Gasteiger partial charge on any atom is -0.368 e. The van der Waals surface area contributed by atoms with Gasteiger partial charge >= 0.3 is 0 Å². The van der Waals surface area contributed by atoms with Gasteiger partial charge in [-0.15, -0.1) is 0 Å². The minimum atomic E-state index is -0.0210. The normalized spacial score (nSPS) is 18.7. The second kappa shape index (κ2) is 13.4. The van der Waals surface area contributed by atoms with Crippen LogP contribution in [0, 0.1) is 6.92 Å². The fraction of sp³-hybridized carbons (Fsp3) is 0.472. The average Bonchev–Trinajstić information content (AvgIpc) is 3.78. The number of fused-ring (bicyclic) bond motifs is 2. The Hall–Kier alpha value is -3.91. The molecule has 0 atom stereocenters. The van der Waals surface area contributed by atoms with Crippen molar-refractivity contribution in [2.24, 2.45) is 0 Å². The molecule has 3 aromatic rings. The third-order valence-corrected chi connectivity index (χ3v) is 9.64. The number of hydrogen-bond acceptors (Lipinski definition) is 6. The summed E-state index contributed by atoms with van der Waals surface area (Å²) >= 11 is 0. The Kier molecular flexibility index (Phi) is 9.17. The molecule has 3 fully saturated rings. The summed E-state index contributed by atoms with van der Waals surface area (Å²) in [6.07, 6.45) is 7.19. The summed E-state index contributed by atoms with van der Waals surface area (Å²) in [4.78, 5) is 41.5. The highest BCUT2D eigenvalue weighted by Gasteiger charge is 2.30. The Balaban J connectivity index is 0.000000513. The standard InChI is InChI=1S/C31H35N5O2.C5H11N/c1-3-29(37)34-18-16-33(17-19-34)28-20-25(31(38)35-13-4-5-14-35)32-26-21-36(15-12-24(26)28)27-11-7-10-23-9-6-8-22(2)30(23)27;1-6-4-2-3-5-6/h3,6-11,20H,1,4-5,12-19,21H2,2H3;2-5H2,1H3. The lowest BCUT2D eigenvalue weighted by Crippen LogP contribution is -2.49. The monoisotopic (exact) mass is 594 g/mol. The van der Waals surface area contributed by atoms with Crippen LogP contribution in [0.4, 0.5) is 11.4 Å². The van der Waals surface area contributed by atoms with Crippen LogP contribution < -0.4 is 9.80 Å². The van der Waals surface area contributed by atoms with Crippen molar-refractivity contribution in [3.8, 4) is 0 Å². The van der Waals surface area contributed by atoms with Crippen molar-refractivity contribution >= 4 is 34.0 Å². The first-order valence-corrected chi connectivity index (χ1v) is 16.3. The van der Waals surface area contributed by atoms with Gasteiger partial charge in [-0.2, -0.15) is 0 Å². The molecule has 232 valence electrons. The molecule has 0 spiro atoms. The second-order valence-corrected chi connectivity index (χ2v) is 12.6. The van der Waals surface area contributed by atoms with E-state index in [2.05, 4.69) is 71.6 Å². The molecule has 0 saturated carbocycles. The molecule has 7 rings (SSSR count). The maximum atomic E-state index is 13.5. The van der Waals surface area contributed by atoms with Crippen LogP contribution in [0.2, 0.25) is 0 Å². The van der Waals surface area contributed by atoms with Gasteiger partial charge in [-0.1, -0.05) is 36.9 Å². The van der Waals surface area contributed by atoms with Gasteiger partial charge in [0.1, 0.15) is 5.69 Å². The first kappa shape index (κ1) is 30.1. The molecule has 0 aliphatic carbocycles. The largest absolute Gasteiger partial charge is 0.368 e. The molecule has 5 heterocycles. The summed E-state index contributed by atoms with van der Waals surface area (Å²) in [5, 5.41) is 2.53. The van der Waals surface area contributed by atoms with Crippen LogP contribution in [0.15, 0.2) is 55.1 Å². The average molecular weight is 595 g/mol. The lowest BCUT2D eigenvalue weighted by atomic mass is 9.97. The van der Waals surface area contributed by atoms with E-state index in [4.69, 9.17) is 4.98 Å². The minimum absolute atomic E-state index is 0.0210. The van der Waals surface area contributed by atoms with E-state index in [1.807, 2.05) is 15.9 Å². The van der Waals surface area contributed by atoms with Crippen molar-refractivity contribution in [2.45, 2.75) is 45.6 Å². The van der Waals surface area contributed by atoms with Crippen LogP contribution in [0.25, 0.3) is 10.8 Å². The van der Waals surface area contributed by atoms with E-state index in [9.17, 15) is 9.59 Å². The molecule has 0 N–H and O–H groups in total. The molecular formula is C36H46N6O2. The Morgan fingerprint density at radius 3 is 2.14 bits per heavy atom. The molecule has 1 aromatic heterocycles. The molecule has 44 heavy (non-hydrogen) atoms. The molecule has 4 aliphatic heterocycles. The number of hydrogen-bond donors (Lipinski definition) is 0. The number of aryl methyl sites for hydroxylation is 1. The number of piperazine rings is 1. The summed E-state index contributed by atoms with van der Waals surface area (Å²) in [7, 11) is 2.17. The maximum Gasteiger partial charge on any atom is 0.272 e. The number of carbonyl (C=O) groups is 2. The van der Waals surface area contributed by atoms with Crippen LogP contribution >= 0.6 is 0 Å². The molecule has 0 unspecified atom stereocenters. The van der Waals surface area contributed by atoms with E-state index in [1.165, 1.54) is 59.6 Å². The third-order valence-electron chi connectivity index (χ3n) is 9.64. The number of nitrogens with zero attached hydrogens (tertiary/aromatic N) is 6. The Morgan fingerprint density at radius 2 is 1.48 bits per heavy atom. The number of anilines is 2. The predicted molar refractivity (Wildman–Crippen MR) is 179 cm³/mol. The Morgan fingerprint density at radius 1 is 0.795 bits per heavy atom. The van der Waals surface area contributed by atoms with Gasteiger partial charge in [-0.05, 0) is 88.3 Å². The van der Waals surface area contributed by atoms with Crippen molar-refractivity contribution in [3.63, 3.8) is 0 Å². The van der Waals surface area contributed by atoms with Gasteiger partial charge < -0.3 is 24.5 Å². The topological polar surface area (TPSA) is 63.2 Å². The number of rotatable bonds is 4. The van der Waals surface area contributed by atoms with Crippen molar-refractivity contribution < 1.29 is 9.59 Å². The van der Waals surface area contributed by atoms with E-state index < -0.39 is 0 Å². The zero-order valence-corrected chi connectivity index (χ0v) is 26.4. The van der Waals surface area contributed by atoms with E-state index >= 15 is 0 Å². The first-order valence-electron chi connectivity index (χ1n) is 16.3. The fourth-order valence-electron chi connectivity index (χ4n) is 7.14. The van der Waals surface area contributed by atoms with Gasteiger partial charge in [0.2, 0.25) is 5.91 Å². The molecule has 8 nitrogen and oxygen atoms in total. The van der Waals surface area contributed by atoms with Crippen molar-refractivity contribution in [1.29, 1.82) is 0 Å². The van der Waals surface area contributed by atoms with Gasteiger partial charge in [0.15, 0.2) is 0 Å². The zero-order valence-electron chi connectivity index (χ0n) is 26.4. The van der Waals surface area contributed by atoms with Gasteiger partial charge in [0, 0.05) is 68.1 Å². The van der Waals surface area contributed by atoms with Crippen LogP contribution in [0.3, 0.4) is 0 Å². The molecule has 0 bridgehead atoms. The van der Waals surface area contributed by atoms with E-state index in [0.717, 1.165) is 63.4 Å². The summed E-state index contributed by atoms with van der Waals surface area (Å²) in [5.41, 5.74) is 6.37. The van der Waals surface area contributed by atoms with Crippen molar-refractivity contribution in [3.05, 3.63) is 77.6 Å². The van der Waals surface area contributed by atoms with Gasteiger partial charge in [0.25, 0.3) is 5.91 Å². The maximum absolute atomic E-state index is 13.5. The molecule has 3 saturated heterocycles. The summed E-state index contributed by atoms with van der Waals surface area (Å²) < 4.78 is 0. The smallest absolute Gasteiger partial charge is 0.272 e. The van der Waals surface area contributed by atoms with Crippen molar-refractivity contribution in [2.75, 3.05) is 75.8 Å². The molecule has 2 aromatic carbocycles. The number of likely N-dealkylation sites (tertiary alicyclic amines) is 2. The first-order chi connectivity index (χ1) is 21.4. The summed E-state index contributed by atoms with van der Waals surface area (Å²) in [6, 6.07) is 15.0. The predicted octanol–water partition coefficient (Wildman–Crippen LogP) is 4.89. The highest BCUT2D eigenvalue weighted by molar-refractivity contribution is 5.97. The number of amides is 2. The molecule has 2 amide bonds. The molecule has 4 aliphatic rings. The highest BCUT2D eigenvalue weighted by atomic mass is 16.2. The third kappa shape index (κ3) is 6.32. The van der Waals surface area contributed by atoms with Gasteiger partial charge in [-0.3, -0.25) is 9.59 Å². The second-order valence-electron chi connectivity index (χ2n) is 12.6. The lowest BCUT2D eigenvalue weighted by Gasteiger charge is -2.39. The number of aromatic nitrogens is 1. The lowest BCUT2D eigenvalue weighted by molar-refractivity contribution is -0.126. The van der Waals surface area contributed by atoms with Crippen LogP contribution in [-0.4, -0.2) is 97.4 Å². The highest BCUT2D eigenvalue weighted by Crippen LogP contribution is 2.36. The number of carbonyl (C=O) groups excluding carboxylic acids is 2. The van der Waals surface area contributed by atoms with Crippen LogP contribution in [-0.2, 0) is 17.8 Å². The van der Waals surface area contributed by atoms with E-state index in [-0.39, 0.29) is 11.8 Å². The Bertz CT molecular complexity index is 1510. The number of pyridine rings is 1.